The highest BCUT2D eigenvalue weighted by atomic mass is 79.9. The minimum Gasteiger partial charge on any atom is -0.309 e. The summed E-state index contributed by atoms with van der Waals surface area (Å²) in [4.78, 5) is 0. The molecule has 1 aromatic carbocycles. The molecule has 0 saturated heterocycles. The van der Waals surface area contributed by atoms with Crippen LogP contribution in [0.25, 0.3) is 0 Å². The number of hydrogen-bond acceptors (Lipinski definition) is 1. The lowest BCUT2D eigenvalue weighted by Gasteiger charge is -2.18. The van der Waals surface area contributed by atoms with E-state index in [1.165, 1.54) is 31.2 Å². The van der Waals surface area contributed by atoms with E-state index in [1.807, 2.05) is 6.07 Å². The molecule has 1 nitrogen and oxygen atoms in total. The molecule has 2 fully saturated rings. The Kier molecular flexibility index (Phi) is 3.47. The fourth-order valence-corrected chi connectivity index (χ4v) is 3.26. The summed E-state index contributed by atoms with van der Waals surface area (Å²) in [6, 6.07) is 6.89. The van der Waals surface area contributed by atoms with Crippen molar-refractivity contribution < 1.29 is 0 Å². The normalized spacial score (nSPS) is 19.9. The van der Waals surface area contributed by atoms with Gasteiger partial charge >= 0.3 is 0 Å². The van der Waals surface area contributed by atoms with Gasteiger partial charge in [0.15, 0.2) is 0 Å². The van der Waals surface area contributed by atoms with Crippen LogP contribution in [0, 0.1) is 11.8 Å². The van der Waals surface area contributed by atoms with Crippen LogP contribution in [-0.2, 0) is 6.54 Å². The molecule has 3 rings (SSSR count). The lowest BCUT2D eigenvalue weighted by Crippen LogP contribution is -2.32. The van der Waals surface area contributed by atoms with E-state index in [0.29, 0.717) is 0 Å². The zero-order valence-corrected chi connectivity index (χ0v) is 12.1. The number of hydrogen-bond donors (Lipinski definition) is 1. The van der Waals surface area contributed by atoms with E-state index in [2.05, 4.69) is 33.4 Å². The van der Waals surface area contributed by atoms with Crippen LogP contribution >= 0.6 is 27.5 Å². The minimum atomic E-state index is 0.745. The maximum absolute atomic E-state index is 6.23. The van der Waals surface area contributed by atoms with Gasteiger partial charge in [0.05, 0.1) is 0 Å². The topological polar surface area (TPSA) is 12.0 Å². The molecule has 1 N–H and O–H groups in total. The van der Waals surface area contributed by atoms with Crippen molar-refractivity contribution in [1.82, 2.24) is 5.32 Å². The molecule has 17 heavy (non-hydrogen) atoms. The lowest BCUT2D eigenvalue weighted by atomic mass is 10.1. The second-order valence-corrected chi connectivity index (χ2v) is 6.64. The van der Waals surface area contributed by atoms with E-state index in [9.17, 15) is 0 Å². The smallest absolute Gasteiger partial charge is 0.0462 e. The van der Waals surface area contributed by atoms with Gasteiger partial charge in [-0.25, -0.2) is 0 Å². The molecule has 92 valence electrons. The molecule has 0 bridgehead atoms. The van der Waals surface area contributed by atoms with Crippen molar-refractivity contribution in [1.29, 1.82) is 0 Å². The molecule has 0 amide bonds. The summed E-state index contributed by atoms with van der Waals surface area (Å²) in [5.74, 6) is 1.88. The first-order valence-corrected chi connectivity index (χ1v) is 7.58. The first-order valence-electron chi connectivity index (χ1n) is 6.41. The number of halogens is 2. The van der Waals surface area contributed by atoms with Crippen LogP contribution in [0.1, 0.15) is 31.2 Å². The van der Waals surface area contributed by atoms with Gasteiger partial charge in [-0.2, -0.15) is 0 Å². The molecular formula is C14H17BrClN. The van der Waals surface area contributed by atoms with Crippen molar-refractivity contribution >= 4 is 27.5 Å². The first-order chi connectivity index (χ1) is 8.24. The summed E-state index contributed by atoms with van der Waals surface area (Å²) in [5.41, 5.74) is 1.21. The highest BCUT2D eigenvalue weighted by Crippen LogP contribution is 2.44. The maximum Gasteiger partial charge on any atom is 0.0462 e. The van der Waals surface area contributed by atoms with Gasteiger partial charge < -0.3 is 5.32 Å². The predicted octanol–water partition coefficient (Wildman–Crippen LogP) is 4.38. The third-order valence-electron chi connectivity index (χ3n) is 3.80. The van der Waals surface area contributed by atoms with E-state index in [1.54, 1.807) is 0 Å². The Morgan fingerprint density at radius 1 is 1.24 bits per heavy atom. The monoisotopic (exact) mass is 313 g/mol. The molecule has 0 radical (unpaired) electrons. The van der Waals surface area contributed by atoms with Gasteiger partial charge in [-0.3, -0.25) is 0 Å². The van der Waals surface area contributed by atoms with Crippen LogP contribution in [0.2, 0.25) is 5.02 Å². The van der Waals surface area contributed by atoms with Gasteiger partial charge in [-0.15, -0.1) is 0 Å². The van der Waals surface area contributed by atoms with Gasteiger partial charge in [-0.1, -0.05) is 33.6 Å². The van der Waals surface area contributed by atoms with Crippen LogP contribution in [0.3, 0.4) is 0 Å². The SMILES string of the molecule is Clc1cc(Br)ccc1CNC(C1CC1)C1CC1. The van der Waals surface area contributed by atoms with E-state index >= 15 is 0 Å². The highest BCUT2D eigenvalue weighted by Gasteiger charge is 2.40. The maximum atomic E-state index is 6.23. The van der Waals surface area contributed by atoms with E-state index in [0.717, 1.165) is 33.9 Å². The standard InChI is InChI=1S/C14H17BrClN/c15-12-6-5-11(13(16)7-12)8-17-14(9-1-2-9)10-3-4-10/h5-7,9-10,14,17H,1-4,8H2. The quantitative estimate of drug-likeness (QED) is 0.850. The van der Waals surface area contributed by atoms with E-state index in [-0.39, 0.29) is 0 Å². The largest absolute Gasteiger partial charge is 0.309 e. The Morgan fingerprint density at radius 3 is 2.41 bits per heavy atom. The van der Waals surface area contributed by atoms with Crippen molar-refractivity contribution in [3.05, 3.63) is 33.3 Å². The minimum absolute atomic E-state index is 0.745. The molecule has 0 atom stereocenters. The average Bonchev–Trinajstić information content (AvgIpc) is 3.15. The van der Waals surface area contributed by atoms with Crippen LogP contribution in [-0.4, -0.2) is 6.04 Å². The summed E-state index contributed by atoms with van der Waals surface area (Å²) >= 11 is 9.67. The molecular weight excluding hydrogens is 298 g/mol. The fourth-order valence-electron chi connectivity index (χ4n) is 2.52. The van der Waals surface area contributed by atoms with Gasteiger partial charge in [0.1, 0.15) is 0 Å². The fraction of sp³-hybridized carbons (Fsp3) is 0.571. The Labute approximate surface area is 116 Å². The molecule has 2 aliphatic rings. The molecule has 1 aromatic rings. The highest BCUT2D eigenvalue weighted by molar-refractivity contribution is 9.10. The number of rotatable bonds is 5. The van der Waals surface area contributed by atoms with Crippen LogP contribution in [0.4, 0.5) is 0 Å². The Morgan fingerprint density at radius 2 is 1.88 bits per heavy atom. The molecule has 0 heterocycles. The van der Waals surface area contributed by atoms with Crippen LogP contribution in [0.5, 0.6) is 0 Å². The Hall–Kier alpha value is -0.0500. The summed E-state index contributed by atoms with van der Waals surface area (Å²) in [5, 5.41) is 4.58. The van der Waals surface area contributed by atoms with Crippen molar-refractivity contribution in [2.45, 2.75) is 38.3 Å². The molecule has 0 spiro atoms. The summed E-state index contributed by atoms with van der Waals surface area (Å²) in [6.07, 6.45) is 5.68. The summed E-state index contributed by atoms with van der Waals surface area (Å²) in [7, 11) is 0. The van der Waals surface area contributed by atoms with Crippen LogP contribution < -0.4 is 5.32 Å². The Bertz CT molecular complexity index is 401. The zero-order chi connectivity index (χ0) is 11.8. The molecule has 0 aliphatic heterocycles. The van der Waals surface area contributed by atoms with E-state index in [4.69, 9.17) is 11.6 Å². The van der Waals surface area contributed by atoms with E-state index < -0.39 is 0 Å². The van der Waals surface area contributed by atoms with Gasteiger partial charge in [0, 0.05) is 22.1 Å². The lowest BCUT2D eigenvalue weighted by molar-refractivity contribution is 0.416. The zero-order valence-electron chi connectivity index (χ0n) is 9.76. The molecule has 2 aliphatic carbocycles. The van der Waals surface area contributed by atoms with Gasteiger partial charge in [0.25, 0.3) is 0 Å². The third kappa shape index (κ3) is 3.04. The average molecular weight is 315 g/mol. The van der Waals surface area contributed by atoms with Crippen molar-refractivity contribution in [2.24, 2.45) is 11.8 Å². The molecule has 0 aromatic heterocycles. The second-order valence-electron chi connectivity index (χ2n) is 5.32. The Balaban J connectivity index is 1.62. The first kappa shape index (κ1) is 12.0. The van der Waals surface area contributed by atoms with Crippen molar-refractivity contribution in [3.8, 4) is 0 Å². The summed E-state index contributed by atoms with van der Waals surface area (Å²) < 4.78 is 1.05. The second kappa shape index (κ2) is 4.91. The van der Waals surface area contributed by atoms with Gasteiger partial charge in [0.2, 0.25) is 0 Å². The number of nitrogens with one attached hydrogen (secondary N) is 1. The third-order valence-corrected chi connectivity index (χ3v) is 4.65. The number of benzene rings is 1. The summed E-state index contributed by atoms with van der Waals surface area (Å²) in [6.45, 7) is 0.907. The van der Waals surface area contributed by atoms with Crippen molar-refractivity contribution in [2.75, 3.05) is 0 Å². The molecule has 3 heteroatoms. The molecule has 2 saturated carbocycles. The van der Waals surface area contributed by atoms with Crippen molar-refractivity contribution in [3.63, 3.8) is 0 Å². The van der Waals surface area contributed by atoms with Crippen LogP contribution in [0.15, 0.2) is 22.7 Å². The van der Waals surface area contributed by atoms with Gasteiger partial charge in [-0.05, 0) is 55.2 Å². The molecule has 0 unspecified atom stereocenters. The predicted molar refractivity (Wildman–Crippen MR) is 75.2 cm³/mol.